The number of benzene rings is 1. The van der Waals surface area contributed by atoms with E-state index < -0.39 is 17.7 Å². The van der Waals surface area contributed by atoms with E-state index in [0.717, 1.165) is 5.56 Å². The zero-order valence-corrected chi connectivity index (χ0v) is 19.7. The Hall–Kier alpha value is -3.87. The normalized spacial score (nSPS) is 17.6. The Bertz CT molecular complexity index is 1240. The zero-order valence-electron chi connectivity index (χ0n) is 19.7. The largest absolute Gasteiger partial charge is 0.507 e. The fraction of sp³-hybridized carbons (Fsp3) is 0.296. The monoisotopic (exact) mass is 460 g/mol. The quantitative estimate of drug-likeness (QED) is 0.305. The molecule has 1 amide bonds. The van der Waals surface area contributed by atoms with Gasteiger partial charge in [-0.05, 0) is 67.8 Å². The lowest BCUT2D eigenvalue weighted by molar-refractivity contribution is -0.140. The summed E-state index contributed by atoms with van der Waals surface area (Å²) in [5, 5.41) is 11.2. The minimum absolute atomic E-state index is 0.00877. The number of carbonyl (C=O) groups is 2. The van der Waals surface area contributed by atoms with Gasteiger partial charge in [0.05, 0.1) is 24.4 Å². The summed E-state index contributed by atoms with van der Waals surface area (Å²) in [7, 11) is 0. The van der Waals surface area contributed by atoms with E-state index in [1.807, 2.05) is 13.0 Å². The second kappa shape index (κ2) is 9.55. The Balaban J connectivity index is 1.77. The minimum Gasteiger partial charge on any atom is -0.507 e. The summed E-state index contributed by atoms with van der Waals surface area (Å²) >= 11 is 0. The number of ketones is 1. The van der Waals surface area contributed by atoms with Crippen molar-refractivity contribution in [3.8, 4) is 5.75 Å². The number of aryl methyl sites for hydroxylation is 2. The van der Waals surface area contributed by atoms with Crippen molar-refractivity contribution in [1.29, 1.82) is 0 Å². The molecule has 1 aromatic carbocycles. The second-order valence-electron chi connectivity index (χ2n) is 8.88. The number of ether oxygens (including phenoxy) is 1. The summed E-state index contributed by atoms with van der Waals surface area (Å²) in [5.74, 6) is 0.409. The Morgan fingerprint density at radius 1 is 1.15 bits per heavy atom. The number of hydrogen-bond acceptors (Lipinski definition) is 6. The number of furan rings is 1. The molecule has 3 aromatic rings. The van der Waals surface area contributed by atoms with Gasteiger partial charge in [0.2, 0.25) is 0 Å². The number of aliphatic hydroxyl groups is 1. The van der Waals surface area contributed by atoms with Crippen LogP contribution in [0.25, 0.3) is 5.76 Å². The molecule has 1 N–H and O–H groups in total. The van der Waals surface area contributed by atoms with Crippen LogP contribution >= 0.6 is 0 Å². The molecule has 0 bridgehead atoms. The number of pyridine rings is 1. The summed E-state index contributed by atoms with van der Waals surface area (Å²) in [6.45, 7) is 8.47. The Morgan fingerprint density at radius 3 is 2.56 bits per heavy atom. The van der Waals surface area contributed by atoms with Crippen molar-refractivity contribution >= 4 is 17.4 Å². The van der Waals surface area contributed by atoms with Crippen molar-refractivity contribution < 1.29 is 23.8 Å². The molecular weight excluding hydrogens is 432 g/mol. The van der Waals surface area contributed by atoms with Crippen molar-refractivity contribution in [2.45, 2.75) is 40.3 Å². The van der Waals surface area contributed by atoms with Gasteiger partial charge in [0.25, 0.3) is 11.7 Å². The van der Waals surface area contributed by atoms with Gasteiger partial charge in [0.15, 0.2) is 0 Å². The van der Waals surface area contributed by atoms with Gasteiger partial charge in [-0.3, -0.25) is 14.6 Å². The third-order valence-electron chi connectivity index (χ3n) is 5.65. The fourth-order valence-corrected chi connectivity index (χ4v) is 3.98. The molecule has 7 nitrogen and oxygen atoms in total. The number of aromatic nitrogens is 1. The van der Waals surface area contributed by atoms with Gasteiger partial charge in [0, 0.05) is 11.8 Å². The van der Waals surface area contributed by atoms with Crippen molar-refractivity contribution in [3.63, 3.8) is 0 Å². The first kappa shape index (κ1) is 23.3. The van der Waals surface area contributed by atoms with Gasteiger partial charge in [0.1, 0.15) is 29.1 Å². The number of rotatable bonds is 7. The van der Waals surface area contributed by atoms with Crippen molar-refractivity contribution in [2.24, 2.45) is 5.92 Å². The molecule has 2 aromatic heterocycles. The molecular formula is C27H28N2O5. The highest BCUT2D eigenvalue weighted by Gasteiger charge is 2.47. The van der Waals surface area contributed by atoms with E-state index in [1.54, 1.807) is 55.6 Å². The van der Waals surface area contributed by atoms with Crippen LogP contribution in [-0.2, 0) is 16.1 Å². The molecule has 0 saturated carbocycles. The molecule has 176 valence electrons. The molecule has 0 spiro atoms. The lowest BCUT2D eigenvalue weighted by atomic mass is 9.98. The van der Waals surface area contributed by atoms with Crippen LogP contribution in [0.5, 0.6) is 5.75 Å². The molecule has 3 heterocycles. The van der Waals surface area contributed by atoms with Crippen LogP contribution in [0.4, 0.5) is 0 Å². The van der Waals surface area contributed by atoms with Crippen molar-refractivity contribution in [3.05, 3.63) is 88.6 Å². The zero-order chi connectivity index (χ0) is 24.4. The maximum atomic E-state index is 13.1. The highest BCUT2D eigenvalue weighted by molar-refractivity contribution is 6.46. The highest BCUT2D eigenvalue weighted by Crippen LogP contribution is 2.41. The number of amides is 1. The van der Waals surface area contributed by atoms with Crippen LogP contribution in [0.15, 0.2) is 64.7 Å². The molecule has 4 rings (SSSR count). The molecule has 1 saturated heterocycles. The van der Waals surface area contributed by atoms with Gasteiger partial charge in [-0.1, -0.05) is 19.9 Å². The average molecular weight is 461 g/mol. The number of nitrogens with zero attached hydrogens (tertiary/aromatic N) is 2. The topological polar surface area (TPSA) is 92.9 Å². The first-order valence-electron chi connectivity index (χ1n) is 11.2. The van der Waals surface area contributed by atoms with Crippen LogP contribution in [0.1, 0.15) is 48.2 Å². The van der Waals surface area contributed by atoms with E-state index in [9.17, 15) is 14.7 Å². The van der Waals surface area contributed by atoms with Gasteiger partial charge in [-0.2, -0.15) is 0 Å². The number of carbonyl (C=O) groups excluding carboxylic acids is 2. The van der Waals surface area contributed by atoms with Crippen LogP contribution < -0.4 is 4.74 Å². The van der Waals surface area contributed by atoms with Gasteiger partial charge in [-0.15, -0.1) is 0 Å². The highest BCUT2D eigenvalue weighted by atomic mass is 16.5. The standard InChI is InChI=1S/C27H28N2O5/c1-16(2)15-33-21-11-9-19(13-17(21)3)25(30)23-24(22-10-8-18(4)34-22)29(27(32)26(23)31)14-20-7-5-6-12-28-20/h5-13,16,24,30H,14-15H2,1-4H3/b25-23-. The van der Waals surface area contributed by atoms with Gasteiger partial charge < -0.3 is 19.2 Å². The van der Waals surface area contributed by atoms with Gasteiger partial charge in [-0.25, -0.2) is 0 Å². The van der Waals surface area contributed by atoms with Crippen molar-refractivity contribution in [1.82, 2.24) is 9.88 Å². The van der Waals surface area contributed by atoms with E-state index in [2.05, 4.69) is 18.8 Å². The first-order chi connectivity index (χ1) is 16.3. The summed E-state index contributed by atoms with van der Waals surface area (Å²) in [5.41, 5.74) is 1.86. The molecule has 7 heteroatoms. The molecule has 1 fully saturated rings. The Labute approximate surface area is 198 Å². The van der Waals surface area contributed by atoms with Crippen LogP contribution in [-0.4, -0.2) is 33.3 Å². The third kappa shape index (κ3) is 4.59. The summed E-state index contributed by atoms with van der Waals surface area (Å²) in [4.78, 5) is 31.9. The van der Waals surface area contributed by atoms with E-state index in [0.29, 0.717) is 41.1 Å². The molecule has 0 radical (unpaired) electrons. The van der Waals surface area contributed by atoms with E-state index >= 15 is 0 Å². The predicted molar refractivity (Wildman–Crippen MR) is 127 cm³/mol. The average Bonchev–Trinajstić information content (AvgIpc) is 3.34. The second-order valence-corrected chi connectivity index (χ2v) is 8.88. The van der Waals surface area contributed by atoms with Crippen LogP contribution in [0.3, 0.4) is 0 Å². The summed E-state index contributed by atoms with van der Waals surface area (Å²) in [6.07, 6.45) is 1.63. The SMILES string of the molecule is Cc1ccc(C2/C(=C(/O)c3ccc(OCC(C)C)c(C)c3)C(=O)C(=O)N2Cc2ccccn2)o1. The summed E-state index contributed by atoms with van der Waals surface area (Å²) < 4.78 is 11.6. The van der Waals surface area contributed by atoms with E-state index in [-0.39, 0.29) is 17.9 Å². The smallest absolute Gasteiger partial charge is 0.296 e. The lowest BCUT2D eigenvalue weighted by Gasteiger charge is -2.23. The molecule has 1 unspecified atom stereocenters. The fourth-order valence-electron chi connectivity index (χ4n) is 3.98. The lowest BCUT2D eigenvalue weighted by Crippen LogP contribution is -2.29. The molecule has 34 heavy (non-hydrogen) atoms. The van der Waals surface area contributed by atoms with E-state index in [1.165, 1.54) is 4.90 Å². The van der Waals surface area contributed by atoms with Crippen LogP contribution in [0.2, 0.25) is 0 Å². The van der Waals surface area contributed by atoms with Crippen molar-refractivity contribution in [2.75, 3.05) is 6.61 Å². The molecule has 1 atom stereocenters. The first-order valence-corrected chi connectivity index (χ1v) is 11.2. The number of aliphatic hydroxyl groups excluding tert-OH is 1. The van der Waals surface area contributed by atoms with Gasteiger partial charge >= 0.3 is 0 Å². The summed E-state index contributed by atoms with van der Waals surface area (Å²) in [6, 6.07) is 13.2. The Kier molecular flexibility index (Phi) is 6.54. The molecule has 1 aliphatic rings. The number of Topliss-reactive ketones (excluding diaryl/α,β-unsaturated/α-hetero) is 1. The van der Waals surface area contributed by atoms with E-state index in [4.69, 9.17) is 9.15 Å². The predicted octanol–water partition coefficient (Wildman–Crippen LogP) is 4.95. The third-order valence-corrected chi connectivity index (χ3v) is 5.65. The minimum atomic E-state index is -0.868. The molecule has 0 aliphatic carbocycles. The number of likely N-dealkylation sites (tertiary alicyclic amines) is 1. The molecule has 1 aliphatic heterocycles. The van der Waals surface area contributed by atoms with Crippen LogP contribution in [0, 0.1) is 19.8 Å². The maximum Gasteiger partial charge on any atom is 0.296 e. The number of hydrogen-bond donors (Lipinski definition) is 1. The maximum absolute atomic E-state index is 13.1. The Morgan fingerprint density at radius 2 is 1.94 bits per heavy atom.